The second-order valence-electron chi connectivity index (χ2n) is 5.05. The van der Waals surface area contributed by atoms with Gasteiger partial charge in [-0.25, -0.2) is 0 Å². The van der Waals surface area contributed by atoms with E-state index in [-0.39, 0.29) is 18.4 Å². The number of hydrogen-bond donors (Lipinski definition) is 1. The second kappa shape index (κ2) is 7.68. The summed E-state index contributed by atoms with van der Waals surface area (Å²) in [6, 6.07) is 7.38. The molecule has 1 N–H and O–H groups in total. The molecule has 0 aromatic heterocycles. The Labute approximate surface area is 130 Å². The van der Waals surface area contributed by atoms with Crippen LogP contribution < -0.4 is 15.0 Å². The van der Waals surface area contributed by atoms with Crippen molar-refractivity contribution in [1.82, 2.24) is 5.32 Å². The van der Waals surface area contributed by atoms with Gasteiger partial charge in [0.05, 0.1) is 18.8 Å². The molecule has 2 rings (SSSR count). The molecular weight excluding hydrogens is 284 g/mol. The van der Waals surface area contributed by atoms with Crippen LogP contribution in [-0.4, -0.2) is 44.2 Å². The number of rotatable bonds is 6. The van der Waals surface area contributed by atoms with Crippen LogP contribution in [-0.2, 0) is 14.3 Å². The molecule has 1 heterocycles. The lowest BCUT2D eigenvalue weighted by atomic mass is 10.1. The molecule has 0 saturated heterocycles. The van der Waals surface area contributed by atoms with Crippen LogP contribution in [0.2, 0.25) is 0 Å². The zero-order valence-electron chi connectivity index (χ0n) is 13.0. The van der Waals surface area contributed by atoms with Gasteiger partial charge in [-0.3, -0.25) is 9.59 Å². The Kier molecular flexibility index (Phi) is 5.63. The zero-order chi connectivity index (χ0) is 15.9. The number of nitrogens with one attached hydrogen (secondary N) is 1. The van der Waals surface area contributed by atoms with Crippen molar-refractivity contribution in [3.05, 3.63) is 24.3 Å². The van der Waals surface area contributed by atoms with Gasteiger partial charge >= 0.3 is 5.97 Å². The molecule has 0 radical (unpaired) electrons. The normalized spacial score (nSPS) is 16.5. The van der Waals surface area contributed by atoms with E-state index in [9.17, 15) is 9.59 Å². The first-order valence-electron chi connectivity index (χ1n) is 7.59. The number of fused-ring (bicyclic) bond motifs is 1. The van der Waals surface area contributed by atoms with Crippen LogP contribution in [0.3, 0.4) is 0 Å². The van der Waals surface area contributed by atoms with Crippen molar-refractivity contribution in [2.45, 2.75) is 26.4 Å². The molecule has 120 valence electrons. The maximum Gasteiger partial charge on any atom is 0.325 e. The Morgan fingerprint density at radius 1 is 1.36 bits per heavy atom. The largest absolute Gasteiger partial charge is 0.477 e. The van der Waals surface area contributed by atoms with E-state index in [2.05, 4.69) is 5.32 Å². The number of carbonyl (C=O) groups is 2. The summed E-state index contributed by atoms with van der Waals surface area (Å²) in [6.07, 6.45) is 0.234. The number of esters is 1. The summed E-state index contributed by atoms with van der Waals surface area (Å²) in [4.78, 5) is 25.7. The quantitative estimate of drug-likeness (QED) is 0.803. The lowest BCUT2D eigenvalue weighted by Gasteiger charge is -2.34. The molecule has 6 heteroatoms. The molecule has 0 aliphatic carbocycles. The number of para-hydroxylation sites is 2. The first-order chi connectivity index (χ1) is 10.7. The Bertz CT molecular complexity index is 533. The van der Waals surface area contributed by atoms with Crippen molar-refractivity contribution in [3.8, 4) is 5.75 Å². The number of anilines is 1. The predicted octanol–water partition coefficient (Wildman–Crippen LogP) is 1.34. The molecule has 22 heavy (non-hydrogen) atoms. The molecule has 0 saturated carbocycles. The summed E-state index contributed by atoms with van der Waals surface area (Å²) in [5.74, 6) is 0.131. The van der Waals surface area contributed by atoms with Crippen molar-refractivity contribution >= 4 is 17.6 Å². The lowest BCUT2D eigenvalue weighted by Crippen LogP contribution is -2.50. The highest BCUT2D eigenvalue weighted by Crippen LogP contribution is 2.32. The van der Waals surface area contributed by atoms with Crippen LogP contribution in [0.4, 0.5) is 5.69 Å². The molecule has 1 atom stereocenters. The molecule has 1 unspecified atom stereocenters. The van der Waals surface area contributed by atoms with E-state index in [1.165, 1.54) is 0 Å². The number of nitrogens with zero attached hydrogens (tertiary/aromatic N) is 1. The molecule has 0 fully saturated rings. The van der Waals surface area contributed by atoms with Gasteiger partial charge in [-0.2, -0.15) is 0 Å². The van der Waals surface area contributed by atoms with E-state index in [1.807, 2.05) is 30.0 Å². The van der Waals surface area contributed by atoms with Gasteiger partial charge in [-0.05, 0) is 25.5 Å². The molecule has 1 aromatic rings. The van der Waals surface area contributed by atoms with E-state index >= 15 is 0 Å². The molecule has 1 amide bonds. The van der Waals surface area contributed by atoms with Gasteiger partial charge in [0.25, 0.3) is 5.91 Å². The van der Waals surface area contributed by atoms with Crippen LogP contribution in [0.15, 0.2) is 24.3 Å². The monoisotopic (exact) mass is 306 g/mol. The number of amides is 1. The fourth-order valence-electron chi connectivity index (χ4n) is 2.32. The number of carbonyl (C=O) groups excluding carboxylic acids is 2. The average Bonchev–Trinajstić information content (AvgIpc) is 2.52. The van der Waals surface area contributed by atoms with Crippen LogP contribution in [0.25, 0.3) is 0 Å². The summed E-state index contributed by atoms with van der Waals surface area (Å²) >= 11 is 0. The molecule has 1 aromatic carbocycles. The second-order valence-corrected chi connectivity index (χ2v) is 5.05. The van der Waals surface area contributed by atoms with E-state index in [1.54, 1.807) is 13.0 Å². The summed E-state index contributed by atoms with van der Waals surface area (Å²) in [5.41, 5.74) is 0.801. The van der Waals surface area contributed by atoms with Gasteiger partial charge < -0.3 is 19.7 Å². The highest BCUT2D eigenvalue weighted by Gasteiger charge is 2.31. The smallest absolute Gasteiger partial charge is 0.325 e. The van der Waals surface area contributed by atoms with Crippen LogP contribution in [0, 0.1) is 0 Å². The first kappa shape index (κ1) is 16.1. The fraction of sp³-hybridized carbons (Fsp3) is 0.500. The molecule has 1 aliphatic heterocycles. The SMILES string of the molecule is CCCNC(=O)C1CN(CC(=O)OCC)c2ccccc2O1. The maximum atomic E-state index is 12.1. The van der Waals surface area contributed by atoms with Gasteiger partial charge in [0, 0.05) is 6.54 Å². The minimum atomic E-state index is -0.629. The van der Waals surface area contributed by atoms with Gasteiger partial charge in [-0.15, -0.1) is 0 Å². The summed E-state index contributed by atoms with van der Waals surface area (Å²) in [6.45, 7) is 5.14. The van der Waals surface area contributed by atoms with E-state index in [4.69, 9.17) is 9.47 Å². The molecule has 6 nitrogen and oxygen atoms in total. The Morgan fingerprint density at radius 2 is 2.14 bits per heavy atom. The molecular formula is C16H22N2O4. The van der Waals surface area contributed by atoms with Gasteiger partial charge in [0.15, 0.2) is 6.10 Å². The van der Waals surface area contributed by atoms with Gasteiger partial charge in [0.2, 0.25) is 0 Å². The van der Waals surface area contributed by atoms with Crippen molar-refractivity contribution in [2.75, 3.05) is 31.1 Å². The third-order valence-electron chi connectivity index (χ3n) is 3.33. The minimum absolute atomic E-state index is 0.103. The highest BCUT2D eigenvalue weighted by atomic mass is 16.5. The first-order valence-corrected chi connectivity index (χ1v) is 7.59. The Morgan fingerprint density at radius 3 is 2.86 bits per heavy atom. The average molecular weight is 306 g/mol. The van der Waals surface area contributed by atoms with Crippen LogP contribution in [0.1, 0.15) is 20.3 Å². The van der Waals surface area contributed by atoms with Crippen molar-refractivity contribution in [2.24, 2.45) is 0 Å². The van der Waals surface area contributed by atoms with Crippen molar-refractivity contribution in [1.29, 1.82) is 0 Å². The van der Waals surface area contributed by atoms with Gasteiger partial charge in [0.1, 0.15) is 12.3 Å². The molecule has 1 aliphatic rings. The third kappa shape index (κ3) is 3.90. The lowest BCUT2D eigenvalue weighted by molar-refractivity contribution is -0.141. The van der Waals surface area contributed by atoms with Crippen LogP contribution in [0.5, 0.6) is 5.75 Å². The van der Waals surface area contributed by atoms with Crippen molar-refractivity contribution in [3.63, 3.8) is 0 Å². The van der Waals surface area contributed by atoms with Crippen molar-refractivity contribution < 1.29 is 19.1 Å². The summed E-state index contributed by atoms with van der Waals surface area (Å²) in [5, 5.41) is 2.83. The third-order valence-corrected chi connectivity index (χ3v) is 3.33. The minimum Gasteiger partial charge on any atom is -0.477 e. The van der Waals surface area contributed by atoms with E-state index in [0.29, 0.717) is 25.4 Å². The van der Waals surface area contributed by atoms with E-state index in [0.717, 1.165) is 12.1 Å². The highest BCUT2D eigenvalue weighted by molar-refractivity contribution is 5.84. The van der Waals surface area contributed by atoms with Gasteiger partial charge in [-0.1, -0.05) is 19.1 Å². The fourth-order valence-corrected chi connectivity index (χ4v) is 2.32. The standard InChI is InChI=1S/C16H22N2O4/c1-3-9-17-16(20)14-10-18(11-15(19)21-4-2)12-7-5-6-8-13(12)22-14/h5-8,14H,3-4,9-11H2,1-2H3,(H,17,20). The van der Waals surface area contributed by atoms with E-state index < -0.39 is 6.10 Å². The number of benzene rings is 1. The zero-order valence-corrected chi connectivity index (χ0v) is 13.0. The predicted molar refractivity (Wildman–Crippen MR) is 83.0 cm³/mol. The topological polar surface area (TPSA) is 67.9 Å². The Hall–Kier alpha value is -2.24. The molecule has 0 bridgehead atoms. The summed E-state index contributed by atoms with van der Waals surface area (Å²) < 4.78 is 10.8. The maximum absolute atomic E-state index is 12.1. The Balaban J connectivity index is 2.13. The summed E-state index contributed by atoms with van der Waals surface area (Å²) in [7, 11) is 0. The molecule has 0 spiro atoms. The number of hydrogen-bond acceptors (Lipinski definition) is 5. The van der Waals surface area contributed by atoms with Crippen LogP contribution >= 0.6 is 0 Å². The number of ether oxygens (including phenoxy) is 2.